The number of nitrogens with two attached hydrogens (primary N) is 1. The molecule has 0 rings (SSSR count). The minimum absolute atomic E-state index is 0.0682. The second kappa shape index (κ2) is 6.84. The highest BCUT2D eigenvalue weighted by atomic mass is 32.1. The highest BCUT2D eigenvalue weighted by molar-refractivity contribution is 7.80. The van der Waals surface area contributed by atoms with Crippen LogP contribution in [0.3, 0.4) is 0 Å². The van der Waals surface area contributed by atoms with Crippen molar-refractivity contribution in [3.63, 3.8) is 0 Å². The Labute approximate surface area is 104 Å². The minimum atomic E-state index is -0.309. The average Bonchev–Trinajstić information content (AvgIpc) is 2.13. The Hall–Kier alpha value is -0.640. The summed E-state index contributed by atoms with van der Waals surface area (Å²) < 4.78 is 0. The van der Waals surface area contributed by atoms with Crippen LogP contribution in [0.2, 0.25) is 0 Å². The molecule has 4 heteroatoms. The molecule has 1 unspecified atom stereocenters. The molecule has 1 atom stereocenters. The SMILES string of the molecule is CCC(C(=O)N(CC(C)C)C(C)C)C(N)=S. The van der Waals surface area contributed by atoms with Crippen LogP contribution in [-0.2, 0) is 4.79 Å². The lowest BCUT2D eigenvalue weighted by Crippen LogP contribution is -2.46. The van der Waals surface area contributed by atoms with Gasteiger partial charge in [-0.1, -0.05) is 33.0 Å². The molecule has 0 saturated carbocycles. The van der Waals surface area contributed by atoms with Crippen LogP contribution in [-0.4, -0.2) is 28.4 Å². The van der Waals surface area contributed by atoms with Crippen LogP contribution in [0.15, 0.2) is 0 Å². The van der Waals surface area contributed by atoms with Gasteiger partial charge in [-0.05, 0) is 26.2 Å². The van der Waals surface area contributed by atoms with Gasteiger partial charge in [-0.2, -0.15) is 0 Å². The van der Waals surface area contributed by atoms with Gasteiger partial charge in [0.1, 0.15) is 0 Å². The number of carbonyl (C=O) groups is 1. The van der Waals surface area contributed by atoms with Crippen molar-refractivity contribution in [2.75, 3.05) is 6.54 Å². The normalized spacial score (nSPS) is 12.9. The first-order valence-corrected chi connectivity index (χ1v) is 6.31. The zero-order chi connectivity index (χ0) is 12.9. The Bertz CT molecular complexity index is 251. The Balaban J connectivity index is 4.78. The fourth-order valence-electron chi connectivity index (χ4n) is 1.65. The molecule has 0 aliphatic carbocycles. The molecule has 0 bridgehead atoms. The highest BCUT2D eigenvalue weighted by Gasteiger charge is 2.27. The third kappa shape index (κ3) is 4.47. The molecule has 0 aliphatic heterocycles. The van der Waals surface area contributed by atoms with Gasteiger partial charge in [0.15, 0.2) is 0 Å². The Morgan fingerprint density at radius 3 is 2.06 bits per heavy atom. The predicted octanol–water partition coefficient (Wildman–Crippen LogP) is 2.19. The maximum atomic E-state index is 12.3. The molecule has 0 saturated heterocycles. The molecule has 0 aromatic rings. The van der Waals surface area contributed by atoms with Gasteiger partial charge in [-0.15, -0.1) is 0 Å². The van der Waals surface area contributed by atoms with E-state index in [0.717, 1.165) is 6.54 Å². The average molecular weight is 244 g/mol. The predicted molar refractivity (Wildman–Crippen MR) is 72.3 cm³/mol. The zero-order valence-corrected chi connectivity index (χ0v) is 11.8. The number of carbonyl (C=O) groups excluding carboxylic acids is 1. The number of nitrogens with zero attached hydrogens (tertiary/aromatic N) is 1. The fourth-order valence-corrected chi connectivity index (χ4v) is 1.91. The first-order chi connectivity index (χ1) is 7.31. The van der Waals surface area contributed by atoms with Crippen molar-refractivity contribution in [1.82, 2.24) is 4.90 Å². The van der Waals surface area contributed by atoms with Crippen molar-refractivity contribution < 1.29 is 4.79 Å². The van der Waals surface area contributed by atoms with E-state index in [2.05, 4.69) is 13.8 Å². The highest BCUT2D eigenvalue weighted by Crippen LogP contribution is 2.13. The van der Waals surface area contributed by atoms with Gasteiger partial charge < -0.3 is 10.6 Å². The molecule has 2 N–H and O–H groups in total. The van der Waals surface area contributed by atoms with E-state index in [1.165, 1.54) is 0 Å². The molecule has 0 aliphatic rings. The maximum Gasteiger partial charge on any atom is 0.232 e. The lowest BCUT2D eigenvalue weighted by Gasteiger charge is -2.31. The van der Waals surface area contributed by atoms with E-state index in [-0.39, 0.29) is 17.9 Å². The number of thiocarbonyl (C=S) groups is 1. The lowest BCUT2D eigenvalue weighted by atomic mass is 10.0. The van der Waals surface area contributed by atoms with Crippen LogP contribution in [0.4, 0.5) is 0 Å². The summed E-state index contributed by atoms with van der Waals surface area (Å²) in [4.78, 5) is 14.4. The summed E-state index contributed by atoms with van der Waals surface area (Å²) in [5.41, 5.74) is 5.60. The standard InChI is InChI=1S/C12H24N2OS/c1-6-10(11(13)16)12(15)14(9(4)5)7-8(2)3/h8-10H,6-7H2,1-5H3,(H2,13,16). The molecule has 0 aromatic carbocycles. The molecule has 94 valence electrons. The van der Waals surface area contributed by atoms with E-state index in [1.54, 1.807) is 0 Å². The molecule has 0 spiro atoms. The van der Waals surface area contributed by atoms with Gasteiger partial charge in [0.05, 0.1) is 10.9 Å². The summed E-state index contributed by atoms with van der Waals surface area (Å²) in [6.07, 6.45) is 0.676. The summed E-state index contributed by atoms with van der Waals surface area (Å²) in [7, 11) is 0. The quantitative estimate of drug-likeness (QED) is 0.729. The first-order valence-electron chi connectivity index (χ1n) is 5.91. The van der Waals surface area contributed by atoms with Gasteiger partial charge in [-0.3, -0.25) is 4.79 Å². The van der Waals surface area contributed by atoms with Crippen molar-refractivity contribution in [3.05, 3.63) is 0 Å². The van der Waals surface area contributed by atoms with Crippen LogP contribution < -0.4 is 5.73 Å². The zero-order valence-electron chi connectivity index (χ0n) is 11.0. The van der Waals surface area contributed by atoms with E-state index in [0.29, 0.717) is 17.3 Å². The largest absolute Gasteiger partial charge is 0.393 e. The van der Waals surface area contributed by atoms with E-state index >= 15 is 0 Å². The van der Waals surface area contributed by atoms with E-state index in [4.69, 9.17) is 18.0 Å². The van der Waals surface area contributed by atoms with Gasteiger partial charge in [0, 0.05) is 12.6 Å². The summed E-state index contributed by atoms with van der Waals surface area (Å²) in [6.45, 7) is 10.9. The molecular weight excluding hydrogens is 220 g/mol. The lowest BCUT2D eigenvalue weighted by molar-refractivity contribution is -0.135. The van der Waals surface area contributed by atoms with E-state index in [1.807, 2.05) is 25.7 Å². The second-order valence-electron chi connectivity index (χ2n) is 4.84. The molecule has 16 heavy (non-hydrogen) atoms. The van der Waals surface area contributed by atoms with Crippen LogP contribution >= 0.6 is 12.2 Å². The summed E-state index contributed by atoms with van der Waals surface area (Å²) in [5.74, 6) is 0.213. The Morgan fingerprint density at radius 2 is 1.81 bits per heavy atom. The van der Waals surface area contributed by atoms with Crippen molar-refractivity contribution >= 4 is 23.1 Å². The van der Waals surface area contributed by atoms with Crippen LogP contribution in [0.1, 0.15) is 41.0 Å². The minimum Gasteiger partial charge on any atom is -0.393 e. The number of hydrogen-bond donors (Lipinski definition) is 1. The monoisotopic (exact) mass is 244 g/mol. The molecule has 0 fully saturated rings. The smallest absolute Gasteiger partial charge is 0.232 e. The van der Waals surface area contributed by atoms with Crippen LogP contribution in [0.25, 0.3) is 0 Å². The first kappa shape index (κ1) is 15.4. The van der Waals surface area contributed by atoms with Crippen molar-refractivity contribution in [3.8, 4) is 0 Å². The van der Waals surface area contributed by atoms with Gasteiger partial charge in [-0.25, -0.2) is 0 Å². The van der Waals surface area contributed by atoms with Crippen LogP contribution in [0, 0.1) is 11.8 Å². The molecule has 0 aromatic heterocycles. The summed E-state index contributed by atoms with van der Waals surface area (Å²) >= 11 is 4.94. The van der Waals surface area contributed by atoms with Gasteiger partial charge in [0.25, 0.3) is 0 Å². The van der Waals surface area contributed by atoms with Crippen molar-refractivity contribution in [2.24, 2.45) is 17.6 Å². The number of rotatable bonds is 6. The summed E-state index contributed by atoms with van der Waals surface area (Å²) in [6, 6.07) is 0.193. The number of hydrogen-bond acceptors (Lipinski definition) is 2. The molecule has 0 heterocycles. The van der Waals surface area contributed by atoms with E-state index < -0.39 is 0 Å². The molecule has 3 nitrogen and oxygen atoms in total. The third-order valence-electron chi connectivity index (χ3n) is 2.52. The Morgan fingerprint density at radius 1 is 1.31 bits per heavy atom. The third-order valence-corrected chi connectivity index (χ3v) is 2.80. The van der Waals surface area contributed by atoms with E-state index in [9.17, 15) is 4.79 Å². The van der Waals surface area contributed by atoms with Crippen molar-refractivity contribution in [2.45, 2.75) is 47.1 Å². The molecule has 0 radical (unpaired) electrons. The maximum absolute atomic E-state index is 12.3. The second-order valence-corrected chi connectivity index (χ2v) is 5.31. The Kier molecular flexibility index (Phi) is 6.56. The topological polar surface area (TPSA) is 46.3 Å². The fraction of sp³-hybridized carbons (Fsp3) is 0.833. The molecular formula is C12H24N2OS. The molecule has 1 amide bonds. The van der Waals surface area contributed by atoms with Crippen molar-refractivity contribution in [1.29, 1.82) is 0 Å². The van der Waals surface area contributed by atoms with Gasteiger partial charge in [0.2, 0.25) is 5.91 Å². The number of amides is 1. The van der Waals surface area contributed by atoms with Crippen LogP contribution in [0.5, 0.6) is 0 Å². The van der Waals surface area contributed by atoms with Gasteiger partial charge >= 0.3 is 0 Å². The summed E-state index contributed by atoms with van der Waals surface area (Å²) in [5, 5.41) is 0.